The number of carbonyl (C=O) groups is 1. The molecule has 1 amide bonds. The number of hydrogen-bond acceptors (Lipinski definition) is 2. The molecule has 1 aromatic rings. The minimum Gasteiger partial charge on any atom is -0.442 e. The zero-order valence-electron chi connectivity index (χ0n) is 8.41. The molecule has 0 saturated heterocycles. The number of ether oxygens (including phenoxy) is 1. The van der Waals surface area contributed by atoms with Gasteiger partial charge in [-0.15, -0.1) is 0 Å². The van der Waals surface area contributed by atoms with Gasteiger partial charge in [0.2, 0.25) is 0 Å². The van der Waals surface area contributed by atoms with E-state index in [2.05, 4.69) is 4.74 Å². The van der Waals surface area contributed by atoms with Crippen molar-refractivity contribution in [1.29, 1.82) is 0 Å². The van der Waals surface area contributed by atoms with Crippen LogP contribution in [-0.4, -0.2) is 6.09 Å². The highest BCUT2D eigenvalue weighted by atomic mass is 19.4. The number of benzene rings is 1. The van der Waals surface area contributed by atoms with Crippen molar-refractivity contribution in [2.75, 3.05) is 0 Å². The number of carbonyl (C=O) groups excluding carboxylic acids is 1. The normalized spacial score (nSPS) is 13.2. The van der Waals surface area contributed by atoms with Gasteiger partial charge in [0, 0.05) is 0 Å². The molecule has 88 valence electrons. The minimum atomic E-state index is -4.41. The fourth-order valence-corrected chi connectivity index (χ4v) is 1.21. The Hall–Kier alpha value is -1.72. The topological polar surface area (TPSA) is 52.3 Å². The van der Waals surface area contributed by atoms with Crippen LogP contribution in [0.3, 0.4) is 0 Å². The molecule has 1 rings (SSSR count). The van der Waals surface area contributed by atoms with Crippen LogP contribution in [0.5, 0.6) is 0 Å². The highest BCUT2D eigenvalue weighted by molar-refractivity contribution is 5.65. The molecule has 0 heterocycles. The number of halogens is 3. The van der Waals surface area contributed by atoms with Gasteiger partial charge in [0.1, 0.15) is 6.10 Å². The predicted molar refractivity (Wildman–Crippen MR) is 50.5 cm³/mol. The van der Waals surface area contributed by atoms with Crippen molar-refractivity contribution in [2.45, 2.75) is 19.2 Å². The smallest absolute Gasteiger partial charge is 0.416 e. The predicted octanol–water partition coefficient (Wildman–Crippen LogP) is 2.86. The van der Waals surface area contributed by atoms with Crippen LogP contribution in [0.15, 0.2) is 24.3 Å². The van der Waals surface area contributed by atoms with Crippen molar-refractivity contribution < 1.29 is 22.7 Å². The van der Waals surface area contributed by atoms with Crippen LogP contribution in [0.2, 0.25) is 0 Å². The van der Waals surface area contributed by atoms with E-state index in [0.29, 0.717) is 0 Å². The van der Waals surface area contributed by atoms with E-state index in [4.69, 9.17) is 5.73 Å². The molecule has 0 aliphatic rings. The van der Waals surface area contributed by atoms with Gasteiger partial charge in [-0.25, -0.2) is 4.79 Å². The molecule has 0 unspecified atom stereocenters. The lowest BCUT2D eigenvalue weighted by Crippen LogP contribution is -2.16. The first-order valence-electron chi connectivity index (χ1n) is 4.44. The summed E-state index contributed by atoms with van der Waals surface area (Å²) < 4.78 is 41.7. The second-order valence-electron chi connectivity index (χ2n) is 3.20. The number of primary amides is 1. The second kappa shape index (κ2) is 4.42. The number of alkyl halides is 3. The molecule has 0 aliphatic carbocycles. The van der Waals surface area contributed by atoms with Crippen LogP contribution >= 0.6 is 0 Å². The van der Waals surface area contributed by atoms with E-state index in [1.54, 1.807) is 0 Å². The minimum absolute atomic E-state index is 0.244. The second-order valence-corrected chi connectivity index (χ2v) is 3.20. The molecule has 6 heteroatoms. The summed E-state index contributed by atoms with van der Waals surface area (Å²) >= 11 is 0. The molecule has 0 spiro atoms. The molecule has 2 N–H and O–H groups in total. The number of rotatable bonds is 2. The van der Waals surface area contributed by atoms with Crippen molar-refractivity contribution in [2.24, 2.45) is 5.73 Å². The summed E-state index contributed by atoms with van der Waals surface area (Å²) in [5, 5.41) is 0. The Morgan fingerprint density at radius 2 is 2.06 bits per heavy atom. The molecule has 16 heavy (non-hydrogen) atoms. The van der Waals surface area contributed by atoms with E-state index in [1.165, 1.54) is 19.1 Å². The maximum atomic E-state index is 12.4. The van der Waals surface area contributed by atoms with E-state index in [9.17, 15) is 18.0 Å². The Kier molecular flexibility index (Phi) is 3.41. The first kappa shape index (κ1) is 12.4. The summed E-state index contributed by atoms with van der Waals surface area (Å²) in [4.78, 5) is 10.4. The summed E-state index contributed by atoms with van der Waals surface area (Å²) in [7, 11) is 0. The molecule has 0 aromatic heterocycles. The van der Waals surface area contributed by atoms with Crippen molar-refractivity contribution >= 4 is 6.09 Å². The van der Waals surface area contributed by atoms with Gasteiger partial charge < -0.3 is 10.5 Å². The van der Waals surface area contributed by atoms with Gasteiger partial charge in [0.15, 0.2) is 0 Å². The Balaban J connectivity index is 2.94. The first-order chi connectivity index (χ1) is 7.30. The molecule has 0 radical (unpaired) electrons. The van der Waals surface area contributed by atoms with Crippen LogP contribution in [0.4, 0.5) is 18.0 Å². The van der Waals surface area contributed by atoms with Crippen molar-refractivity contribution in [3.05, 3.63) is 35.4 Å². The Morgan fingerprint density at radius 3 is 2.56 bits per heavy atom. The van der Waals surface area contributed by atoms with Crippen LogP contribution in [0, 0.1) is 0 Å². The van der Waals surface area contributed by atoms with Gasteiger partial charge in [-0.2, -0.15) is 13.2 Å². The lowest BCUT2D eigenvalue weighted by Gasteiger charge is -2.13. The van der Waals surface area contributed by atoms with E-state index in [0.717, 1.165) is 12.1 Å². The summed E-state index contributed by atoms with van der Waals surface area (Å²) in [5.74, 6) is 0. The summed E-state index contributed by atoms with van der Waals surface area (Å²) in [6.45, 7) is 1.44. The molecule has 0 aliphatic heterocycles. The van der Waals surface area contributed by atoms with Gasteiger partial charge >= 0.3 is 12.3 Å². The zero-order chi connectivity index (χ0) is 12.3. The lowest BCUT2D eigenvalue weighted by atomic mass is 10.1. The third-order valence-corrected chi connectivity index (χ3v) is 1.98. The maximum absolute atomic E-state index is 12.4. The molecule has 0 bridgehead atoms. The fourth-order valence-electron chi connectivity index (χ4n) is 1.21. The summed E-state index contributed by atoms with van der Waals surface area (Å²) in [5.41, 5.74) is 4.23. The van der Waals surface area contributed by atoms with Gasteiger partial charge in [-0.3, -0.25) is 0 Å². The van der Waals surface area contributed by atoms with Crippen LogP contribution in [0.25, 0.3) is 0 Å². The van der Waals surface area contributed by atoms with E-state index < -0.39 is 23.9 Å². The Morgan fingerprint density at radius 1 is 1.44 bits per heavy atom. The zero-order valence-corrected chi connectivity index (χ0v) is 8.41. The molecular weight excluding hydrogens is 223 g/mol. The van der Waals surface area contributed by atoms with Gasteiger partial charge in [0.25, 0.3) is 0 Å². The summed E-state index contributed by atoms with van der Waals surface area (Å²) in [6, 6.07) is 4.55. The largest absolute Gasteiger partial charge is 0.442 e. The molecule has 1 atom stereocenters. The quantitative estimate of drug-likeness (QED) is 0.853. The van der Waals surface area contributed by atoms with Gasteiger partial charge in [0.05, 0.1) is 5.56 Å². The lowest BCUT2D eigenvalue weighted by molar-refractivity contribution is -0.137. The van der Waals surface area contributed by atoms with Gasteiger partial charge in [-0.05, 0) is 24.6 Å². The highest BCUT2D eigenvalue weighted by Crippen LogP contribution is 2.31. The Labute approximate surface area is 90.0 Å². The molecular formula is C10H10F3NO2. The average Bonchev–Trinajstić information content (AvgIpc) is 2.15. The summed E-state index contributed by atoms with van der Waals surface area (Å²) in [6.07, 6.45) is -6.24. The number of nitrogens with two attached hydrogens (primary N) is 1. The monoisotopic (exact) mass is 233 g/mol. The molecule has 0 fully saturated rings. The van der Waals surface area contributed by atoms with Crippen molar-refractivity contribution in [1.82, 2.24) is 0 Å². The van der Waals surface area contributed by atoms with E-state index in [1.807, 2.05) is 0 Å². The van der Waals surface area contributed by atoms with Gasteiger partial charge in [-0.1, -0.05) is 12.1 Å². The maximum Gasteiger partial charge on any atom is 0.416 e. The SMILES string of the molecule is C[C@@H](OC(N)=O)c1cccc(C(F)(F)F)c1. The van der Waals surface area contributed by atoms with E-state index in [-0.39, 0.29) is 5.56 Å². The van der Waals surface area contributed by atoms with Crippen molar-refractivity contribution in [3.8, 4) is 0 Å². The number of hydrogen-bond donors (Lipinski definition) is 1. The Bertz CT molecular complexity index is 390. The van der Waals surface area contributed by atoms with Crippen molar-refractivity contribution in [3.63, 3.8) is 0 Å². The van der Waals surface area contributed by atoms with Crippen LogP contribution in [0.1, 0.15) is 24.2 Å². The third-order valence-electron chi connectivity index (χ3n) is 1.98. The molecule has 0 saturated carbocycles. The van der Waals surface area contributed by atoms with Crippen LogP contribution < -0.4 is 5.73 Å². The third kappa shape index (κ3) is 3.15. The van der Waals surface area contributed by atoms with Crippen LogP contribution in [-0.2, 0) is 10.9 Å². The van der Waals surface area contributed by atoms with E-state index >= 15 is 0 Å². The first-order valence-corrected chi connectivity index (χ1v) is 4.44. The fraction of sp³-hybridized carbons (Fsp3) is 0.300. The number of amides is 1. The average molecular weight is 233 g/mol. The molecule has 3 nitrogen and oxygen atoms in total. The highest BCUT2D eigenvalue weighted by Gasteiger charge is 2.30. The molecule has 1 aromatic carbocycles. The standard InChI is InChI=1S/C10H10F3NO2/c1-6(16-9(14)15)7-3-2-4-8(5-7)10(11,12)13/h2-6H,1H3,(H2,14,15)/t6-/m1/s1.